The summed E-state index contributed by atoms with van der Waals surface area (Å²) in [6, 6.07) is 7.96. The fourth-order valence-electron chi connectivity index (χ4n) is 7.25. The second kappa shape index (κ2) is 12.3. The van der Waals surface area contributed by atoms with E-state index in [2.05, 4.69) is 20.1 Å². The first-order chi connectivity index (χ1) is 19.2. The SMILES string of the molecule is C=CCOC(=O)[C@H]1[C@H]2C(=O)N([C@@H](CO)Cc3ccccc3)C(C(=O)N(CC=C)CCCCC)C23CC(C)[C@]1(C)O3. The number of esters is 1. The average Bonchev–Trinajstić information content (AvgIpc) is 3.46. The summed E-state index contributed by atoms with van der Waals surface area (Å²) < 4.78 is 12.3. The van der Waals surface area contributed by atoms with E-state index < -0.39 is 41.1 Å². The highest BCUT2D eigenvalue weighted by molar-refractivity contribution is 5.99. The monoisotopic (exact) mass is 552 g/mol. The maximum absolute atomic E-state index is 14.5. The molecule has 0 radical (unpaired) electrons. The van der Waals surface area contributed by atoms with Crippen LogP contribution in [0.5, 0.6) is 0 Å². The van der Waals surface area contributed by atoms with Gasteiger partial charge in [-0.3, -0.25) is 14.4 Å². The average molecular weight is 553 g/mol. The molecule has 8 nitrogen and oxygen atoms in total. The smallest absolute Gasteiger partial charge is 0.313 e. The van der Waals surface area contributed by atoms with Gasteiger partial charge in [-0.2, -0.15) is 0 Å². The molecule has 7 atom stereocenters. The molecule has 3 heterocycles. The Balaban J connectivity index is 1.81. The van der Waals surface area contributed by atoms with E-state index in [9.17, 15) is 19.5 Å². The van der Waals surface area contributed by atoms with E-state index >= 15 is 0 Å². The van der Waals surface area contributed by atoms with Crippen molar-refractivity contribution < 1.29 is 29.0 Å². The molecule has 8 heteroatoms. The largest absolute Gasteiger partial charge is 0.461 e. The molecule has 1 aromatic carbocycles. The van der Waals surface area contributed by atoms with Crippen molar-refractivity contribution in [3.05, 3.63) is 61.2 Å². The normalized spacial score (nSPS) is 31.1. The van der Waals surface area contributed by atoms with Gasteiger partial charge in [0.15, 0.2) is 0 Å². The number of nitrogens with zero attached hydrogens (tertiary/aromatic N) is 2. The number of carbonyl (C=O) groups is 3. The molecule has 0 aromatic heterocycles. The number of aliphatic hydroxyl groups is 1. The second-order valence-electron chi connectivity index (χ2n) is 11.7. The van der Waals surface area contributed by atoms with Crippen LogP contribution in [0.1, 0.15) is 52.0 Å². The predicted octanol–water partition coefficient (Wildman–Crippen LogP) is 3.53. The lowest BCUT2D eigenvalue weighted by molar-refractivity contribution is -0.163. The van der Waals surface area contributed by atoms with Gasteiger partial charge in [0, 0.05) is 13.1 Å². The number of amides is 2. The highest BCUT2D eigenvalue weighted by atomic mass is 16.6. The molecule has 3 saturated heterocycles. The quantitative estimate of drug-likeness (QED) is 0.216. The van der Waals surface area contributed by atoms with Crippen molar-refractivity contribution in [3.63, 3.8) is 0 Å². The molecule has 218 valence electrons. The second-order valence-corrected chi connectivity index (χ2v) is 11.7. The summed E-state index contributed by atoms with van der Waals surface area (Å²) in [5.41, 5.74) is -1.22. The third-order valence-corrected chi connectivity index (χ3v) is 9.19. The van der Waals surface area contributed by atoms with Crippen LogP contribution in [0.15, 0.2) is 55.6 Å². The van der Waals surface area contributed by atoms with Crippen molar-refractivity contribution in [1.82, 2.24) is 9.80 Å². The van der Waals surface area contributed by atoms with Gasteiger partial charge >= 0.3 is 5.97 Å². The van der Waals surface area contributed by atoms with Crippen LogP contribution in [0.2, 0.25) is 0 Å². The van der Waals surface area contributed by atoms with Gasteiger partial charge in [-0.15, -0.1) is 6.58 Å². The fourth-order valence-corrected chi connectivity index (χ4v) is 7.25. The van der Waals surface area contributed by atoms with Gasteiger partial charge in [0.2, 0.25) is 11.8 Å². The molecule has 1 N–H and O–H groups in total. The van der Waals surface area contributed by atoms with Crippen molar-refractivity contribution in [1.29, 1.82) is 0 Å². The van der Waals surface area contributed by atoms with Crippen LogP contribution < -0.4 is 0 Å². The summed E-state index contributed by atoms with van der Waals surface area (Å²) in [6.07, 6.45) is 6.81. The maximum Gasteiger partial charge on any atom is 0.313 e. The Labute approximate surface area is 238 Å². The zero-order chi connectivity index (χ0) is 29.1. The van der Waals surface area contributed by atoms with Crippen LogP contribution in [0, 0.1) is 17.8 Å². The minimum Gasteiger partial charge on any atom is -0.461 e. The minimum absolute atomic E-state index is 0.0254. The topological polar surface area (TPSA) is 96.4 Å². The molecule has 2 bridgehead atoms. The van der Waals surface area contributed by atoms with Crippen molar-refractivity contribution in [3.8, 4) is 0 Å². The number of carbonyl (C=O) groups excluding carboxylic acids is 3. The summed E-state index contributed by atoms with van der Waals surface area (Å²) in [4.78, 5) is 45.8. The van der Waals surface area contributed by atoms with Crippen LogP contribution in [-0.2, 0) is 30.3 Å². The van der Waals surface area contributed by atoms with Crippen molar-refractivity contribution >= 4 is 17.8 Å². The first-order valence-corrected chi connectivity index (χ1v) is 14.5. The molecule has 4 rings (SSSR count). The highest BCUT2D eigenvalue weighted by Gasteiger charge is 2.80. The number of hydrogen-bond donors (Lipinski definition) is 1. The van der Waals surface area contributed by atoms with E-state index in [0.29, 0.717) is 25.9 Å². The molecular formula is C32H44N2O6. The Hall–Kier alpha value is -2.97. The van der Waals surface area contributed by atoms with E-state index in [4.69, 9.17) is 9.47 Å². The Morgan fingerprint density at radius 1 is 1.25 bits per heavy atom. The Kier molecular flexibility index (Phi) is 9.20. The van der Waals surface area contributed by atoms with Gasteiger partial charge in [0.25, 0.3) is 0 Å². The van der Waals surface area contributed by atoms with Crippen LogP contribution in [0.25, 0.3) is 0 Å². The zero-order valence-corrected chi connectivity index (χ0v) is 24.1. The third-order valence-electron chi connectivity index (χ3n) is 9.19. The number of likely N-dealkylation sites (tertiary alicyclic amines) is 1. The standard InChI is InChI=1S/C32H44N2O6/c1-6-9-13-17-33(16-7-2)29(37)27-32-20-22(4)31(5,40-32)26(30(38)39-18-8-3)25(32)28(36)34(27)24(21-35)19-23-14-11-10-12-15-23/h7-8,10-12,14-15,22,24-27,35H,2-3,6,9,13,16-21H2,1,4-5H3/t22?,24-,25+,26-,27?,31+,32?/m1/s1. The highest BCUT2D eigenvalue weighted by Crippen LogP contribution is 2.65. The molecule has 0 aliphatic carbocycles. The number of fused-ring (bicyclic) bond motifs is 1. The summed E-state index contributed by atoms with van der Waals surface area (Å²) in [6.45, 7) is 14.0. The van der Waals surface area contributed by atoms with Crippen LogP contribution in [0.4, 0.5) is 0 Å². The van der Waals surface area contributed by atoms with Gasteiger partial charge in [0.1, 0.15) is 24.2 Å². The van der Waals surface area contributed by atoms with E-state index in [1.54, 1.807) is 15.9 Å². The summed E-state index contributed by atoms with van der Waals surface area (Å²) in [7, 11) is 0. The molecule has 3 fully saturated rings. The third kappa shape index (κ3) is 5.00. The summed E-state index contributed by atoms with van der Waals surface area (Å²) in [5, 5.41) is 10.6. The number of hydrogen-bond acceptors (Lipinski definition) is 6. The minimum atomic E-state index is -1.20. The van der Waals surface area contributed by atoms with Gasteiger partial charge < -0.3 is 24.4 Å². The number of benzene rings is 1. The number of unbranched alkanes of at least 4 members (excludes halogenated alkanes) is 2. The molecule has 2 amide bonds. The van der Waals surface area contributed by atoms with E-state index in [1.165, 1.54) is 6.08 Å². The molecule has 1 spiro atoms. The molecule has 3 unspecified atom stereocenters. The zero-order valence-electron chi connectivity index (χ0n) is 24.1. The van der Waals surface area contributed by atoms with E-state index in [-0.39, 0.29) is 30.9 Å². The van der Waals surface area contributed by atoms with Crippen molar-refractivity contribution in [2.45, 2.75) is 76.2 Å². The molecule has 1 aromatic rings. The lowest BCUT2D eigenvalue weighted by Crippen LogP contribution is -2.59. The number of rotatable bonds is 14. The van der Waals surface area contributed by atoms with E-state index in [1.807, 2.05) is 44.2 Å². The Morgan fingerprint density at radius 2 is 1.98 bits per heavy atom. The van der Waals surface area contributed by atoms with Crippen LogP contribution in [0.3, 0.4) is 0 Å². The van der Waals surface area contributed by atoms with E-state index in [0.717, 1.165) is 24.8 Å². The first-order valence-electron chi connectivity index (χ1n) is 14.5. The predicted molar refractivity (Wildman–Crippen MR) is 152 cm³/mol. The lowest BCUT2D eigenvalue weighted by atomic mass is 9.62. The molecule has 3 aliphatic heterocycles. The molecule has 0 saturated carbocycles. The molecule has 3 aliphatic rings. The lowest BCUT2D eigenvalue weighted by Gasteiger charge is -2.39. The van der Waals surface area contributed by atoms with Crippen LogP contribution >= 0.6 is 0 Å². The summed E-state index contributed by atoms with van der Waals surface area (Å²) >= 11 is 0. The summed E-state index contributed by atoms with van der Waals surface area (Å²) in [5.74, 6) is -2.93. The van der Waals surface area contributed by atoms with Crippen molar-refractivity contribution in [2.24, 2.45) is 17.8 Å². The number of ether oxygens (including phenoxy) is 2. The first kappa shape index (κ1) is 30.0. The Bertz CT molecular complexity index is 1110. The van der Waals surface area contributed by atoms with Gasteiger partial charge in [-0.1, -0.05) is 75.8 Å². The molecular weight excluding hydrogens is 508 g/mol. The molecule has 40 heavy (non-hydrogen) atoms. The van der Waals surface area contributed by atoms with Gasteiger partial charge in [-0.05, 0) is 37.7 Å². The van der Waals surface area contributed by atoms with Crippen molar-refractivity contribution in [2.75, 3.05) is 26.3 Å². The maximum atomic E-state index is 14.5. The van der Waals surface area contributed by atoms with Gasteiger partial charge in [0.05, 0.1) is 24.2 Å². The van der Waals surface area contributed by atoms with Gasteiger partial charge in [-0.25, -0.2) is 0 Å². The number of aliphatic hydroxyl groups excluding tert-OH is 1. The fraction of sp³-hybridized carbons (Fsp3) is 0.594. The Morgan fingerprint density at radius 3 is 2.60 bits per heavy atom. The van der Waals surface area contributed by atoms with Crippen LogP contribution in [-0.4, -0.2) is 82.3 Å².